The molecule has 1 aromatic rings. The molecule has 0 N–H and O–H groups in total. The molecule has 0 radical (unpaired) electrons. The van der Waals surface area contributed by atoms with Crippen LogP contribution in [0.15, 0.2) is 18.2 Å². The van der Waals surface area contributed by atoms with Gasteiger partial charge in [0, 0.05) is 0 Å². The molecule has 0 aromatic heterocycles. The highest BCUT2D eigenvalue weighted by atomic mass is 19.1. The van der Waals surface area contributed by atoms with Gasteiger partial charge in [0.05, 0.1) is 6.61 Å². The number of hydrogen-bond acceptors (Lipinski definition) is 1. The van der Waals surface area contributed by atoms with Crippen LogP contribution in [0.4, 0.5) is 4.39 Å². The summed E-state index contributed by atoms with van der Waals surface area (Å²) < 4.78 is 19.3. The van der Waals surface area contributed by atoms with E-state index in [1.807, 2.05) is 6.07 Å². The fourth-order valence-electron chi connectivity index (χ4n) is 1.84. The van der Waals surface area contributed by atoms with Crippen molar-refractivity contribution < 1.29 is 9.13 Å². The Labute approximate surface area is 104 Å². The molecule has 0 aliphatic carbocycles. The monoisotopic (exact) mass is 238 g/mol. The highest BCUT2D eigenvalue weighted by molar-refractivity contribution is 5.30. The Kier molecular flexibility index (Phi) is 6.03. The predicted molar refractivity (Wildman–Crippen MR) is 69.9 cm³/mol. The summed E-state index contributed by atoms with van der Waals surface area (Å²) >= 11 is 0. The average Bonchev–Trinajstić information content (AvgIpc) is 2.34. The maximum atomic E-state index is 13.7. The molecule has 1 atom stereocenters. The van der Waals surface area contributed by atoms with Gasteiger partial charge in [0.25, 0.3) is 0 Å². The zero-order valence-corrected chi connectivity index (χ0v) is 11.1. The number of benzene rings is 1. The van der Waals surface area contributed by atoms with Gasteiger partial charge in [-0.1, -0.05) is 45.2 Å². The largest absolute Gasteiger partial charge is 0.490 e. The Bertz CT molecular complexity index is 336. The summed E-state index contributed by atoms with van der Waals surface area (Å²) in [5.74, 6) is 0.702. The van der Waals surface area contributed by atoms with E-state index >= 15 is 0 Å². The van der Waals surface area contributed by atoms with Crippen molar-refractivity contribution >= 4 is 0 Å². The lowest BCUT2D eigenvalue weighted by molar-refractivity contribution is 0.224. The standard InChI is InChI=1S/C15H23FO/c1-4-6-9-13(5-2)11-17-14-10-7-8-12(3)15(14)16/h7-8,10,13H,4-6,9,11H2,1-3H3. The third-order valence-corrected chi connectivity index (χ3v) is 3.17. The van der Waals surface area contributed by atoms with Gasteiger partial charge in [-0.25, -0.2) is 4.39 Å². The molecule has 2 heteroatoms. The van der Waals surface area contributed by atoms with Gasteiger partial charge in [-0.3, -0.25) is 0 Å². The summed E-state index contributed by atoms with van der Waals surface area (Å²) in [6.07, 6.45) is 4.68. The number of hydrogen-bond donors (Lipinski definition) is 0. The van der Waals surface area contributed by atoms with E-state index in [4.69, 9.17) is 4.74 Å². The van der Waals surface area contributed by atoms with Gasteiger partial charge in [-0.05, 0) is 30.9 Å². The predicted octanol–water partition coefficient (Wildman–Crippen LogP) is 4.73. The fraction of sp³-hybridized carbons (Fsp3) is 0.600. The summed E-state index contributed by atoms with van der Waals surface area (Å²) in [7, 11) is 0. The van der Waals surface area contributed by atoms with E-state index in [9.17, 15) is 4.39 Å². The quantitative estimate of drug-likeness (QED) is 0.667. The van der Waals surface area contributed by atoms with E-state index in [0.29, 0.717) is 23.8 Å². The van der Waals surface area contributed by atoms with Crippen molar-refractivity contribution in [2.75, 3.05) is 6.61 Å². The lowest BCUT2D eigenvalue weighted by Crippen LogP contribution is -2.12. The van der Waals surface area contributed by atoms with E-state index in [0.717, 1.165) is 6.42 Å². The third kappa shape index (κ3) is 4.37. The fourth-order valence-corrected chi connectivity index (χ4v) is 1.84. The summed E-state index contributed by atoms with van der Waals surface area (Å²) in [5.41, 5.74) is 0.643. The van der Waals surface area contributed by atoms with Crippen molar-refractivity contribution in [3.63, 3.8) is 0 Å². The number of aryl methyl sites for hydroxylation is 1. The van der Waals surface area contributed by atoms with E-state index in [-0.39, 0.29) is 5.82 Å². The first-order valence-electron chi connectivity index (χ1n) is 6.56. The second kappa shape index (κ2) is 7.31. The highest BCUT2D eigenvalue weighted by Crippen LogP contribution is 2.21. The third-order valence-electron chi connectivity index (χ3n) is 3.17. The second-order valence-electron chi connectivity index (χ2n) is 4.61. The van der Waals surface area contributed by atoms with Gasteiger partial charge in [0.15, 0.2) is 11.6 Å². The summed E-state index contributed by atoms with van der Waals surface area (Å²) in [6, 6.07) is 5.30. The smallest absolute Gasteiger partial charge is 0.167 e. The minimum absolute atomic E-state index is 0.224. The molecule has 0 aliphatic rings. The zero-order chi connectivity index (χ0) is 12.7. The number of ether oxygens (including phenoxy) is 1. The van der Waals surface area contributed by atoms with E-state index in [2.05, 4.69) is 13.8 Å². The Morgan fingerprint density at radius 2 is 2.06 bits per heavy atom. The molecule has 0 spiro atoms. The van der Waals surface area contributed by atoms with Gasteiger partial charge < -0.3 is 4.74 Å². The summed E-state index contributed by atoms with van der Waals surface area (Å²) in [4.78, 5) is 0. The van der Waals surface area contributed by atoms with Gasteiger partial charge in [0.2, 0.25) is 0 Å². The molecular weight excluding hydrogens is 215 g/mol. The maximum absolute atomic E-state index is 13.7. The van der Waals surface area contributed by atoms with Gasteiger partial charge >= 0.3 is 0 Å². The molecule has 0 saturated heterocycles. The summed E-state index contributed by atoms with van der Waals surface area (Å²) in [5, 5.41) is 0. The van der Waals surface area contributed by atoms with Crippen LogP contribution in [-0.2, 0) is 0 Å². The lowest BCUT2D eigenvalue weighted by atomic mass is 10.0. The minimum atomic E-state index is -0.224. The molecule has 1 rings (SSSR count). The summed E-state index contributed by atoms with van der Waals surface area (Å²) in [6.45, 7) is 6.73. The lowest BCUT2D eigenvalue weighted by Gasteiger charge is -2.16. The van der Waals surface area contributed by atoms with Crippen molar-refractivity contribution in [3.8, 4) is 5.75 Å². The van der Waals surface area contributed by atoms with Crippen molar-refractivity contribution in [2.24, 2.45) is 5.92 Å². The van der Waals surface area contributed by atoms with Crippen molar-refractivity contribution in [2.45, 2.75) is 46.5 Å². The van der Waals surface area contributed by atoms with E-state index in [1.54, 1.807) is 19.1 Å². The molecule has 0 saturated carbocycles. The molecule has 1 unspecified atom stereocenters. The second-order valence-corrected chi connectivity index (χ2v) is 4.61. The molecule has 0 bridgehead atoms. The topological polar surface area (TPSA) is 9.23 Å². The average molecular weight is 238 g/mol. The van der Waals surface area contributed by atoms with Crippen LogP contribution in [0.1, 0.15) is 45.1 Å². The maximum Gasteiger partial charge on any atom is 0.167 e. The Hall–Kier alpha value is -1.05. The van der Waals surface area contributed by atoms with Crippen LogP contribution in [0.3, 0.4) is 0 Å². The first-order valence-corrected chi connectivity index (χ1v) is 6.56. The van der Waals surface area contributed by atoms with Gasteiger partial charge in [-0.15, -0.1) is 0 Å². The zero-order valence-electron chi connectivity index (χ0n) is 11.1. The molecule has 96 valence electrons. The van der Waals surface area contributed by atoms with Crippen molar-refractivity contribution in [1.29, 1.82) is 0 Å². The van der Waals surface area contributed by atoms with Crippen LogP contribution >= 0.6 is 0 Å². The molecular formula is C15H23FO. The van der Waals surface area contributed by atoms with Gasteiger partial charge in [0.1, 0.15) is 0 Å². The molecule has 0 heterocycles. The SMILES string of the molecule is CCCCC(CC)COc1cccc(C)c1F. The number of unbranched alkanes of at least 4 members (excludes halogenated alkanes) is 1. The van der Waals surface area contributed by atoms with Gasteiger partial charge in [-0.2, -0.15) is 0 Å². The Morgan fingerprint density at radius 1 is 1.29 bits per heavy atom. The van der Waals surface area contributed by atoms with Crippen LogP contribution in [0.5, 0.6) is 5.75 Å². The minimum Gasteiger partial charge on any atom is -0.490 e. The molecule has 0 fully saturated rings. The van der Waals surface area contributed by atoms with Crippen LogP contribution in [-0.4, -0.2) is 6.61 Å². The van der Waals surface area contributed by atoms with Crippen LogP contribution in [0.2, 0.25) is 0 Å². The highest BCUT2D eigenvalue weighted by Gasteiger charge is 2.10. The van der Waals surface area contributed by atoms with E-state index in [1.165, 1.54) is 19.3 Å². The molecule has 0 amide bonds. The Balaban J connectivity index is 2.50. The number of rotatable bonds is 7. The molecule has 17 heavy (non-hydrogen) atoms. The van der Waals surface area contributed by atoms with Crippen molar-refractivity contribution in [1.82, 2.24) is 0 Å². The first-order chi connectivity index (χ1) is 8.19. The van der Waals surface area contributed by atoms with Crippen LogP contribution in [0.25, 0.3) is 0 Å². The van der Waals surface area contributed by atoms with Crippen LogP contribution < -0.4 is 4.74 Å². The first kappa shape index (κ1) is 14.0. The molecule has 1 aromatic carbocycles. The normalized spacial score (nSPS) is 12.5. The van der Waals surface area contributed by atoms with E-state index < -0.39 is 0 Å². The number of halogens is 1. The van der Waals surface area contributed by atoms with Crippen LogP contribution in [0, 0.1) is 18.7 Å². The molecule has 0 aliphatic heterocycles. The Morgan fingerprint density at radius 3 is 2.71 bits per heavy atom. The molecule has 1 nitrogen and oxygen atoms in total. The van der Waals surface area contributed by atoms with Crippen molar-refractivity contribution in [3.05, 3.63) is 29.6 Å².